The van der Waals surface area contributed by atoms with Crippen molar-refractivity contribution in [3.63, 3.8) is 0 Å². The van der Waals surface area contributed by atoms with E-state index < -0.39 is 0 Å². The Labute approximate surface area is 106 Å². The average Bonchev–Trinajstić information content (AvgIpc) is 2.38. The van der Waals surface area contributed by atoms with Crippen molar-refractivity contribution in [1.29, 1.82) is 0 Å². The lowest BCUT2D eigenvalue weighted by Crippen LogP contribution is -2.38. The molecule has 0 unspecified atom stereocenters. The van der Waals surface area contributed by atoms with Gasteiger partial charge in [0.2, 0.25) is 5.91 Å². The maximum absolute atomic E-state index is 11.9. The highest BCUT2D eigenvalue weighted by Gasteiger charge is 2.20. The van der Waals surface area contributed by atoms with Crippen LogP contribution in [0.3, 0.4) is 0 Å². The molecule has 0 spiro atoms. The van der Waals surface area contributed by atoms with E-state index >= 15 is 0 Å². The Hall–Kier alpha value is -1.59. The summed E-state index contributed by atoms with van der Waals surface area (Å²) in [6, 6.07) is 5.31. The van der Waals surface area contributed by atoms with E-state index in [9.17, 15) is 9.90 Å². The van der Waals surface area contributed by atoms with Crippen molar-refractivity contribution in [2.75, 3.05) is 26.3 Å². The van der Waals surface area contributed by atoms with E-state index in [4.69, 9.17) is 10.5 Å². The molecule has 1 aliphatic heterocycles. The molecule has 1 amide bonds. The SMILES string of the molecule is NCCOCC(=O)N1CCc2ccc(O)cc2C1. The number of hydrogen-bond acceptors (Lipinski definition) is 4. The van der Waals surface area contributed by atoms with E-state index in [1.165, 1.54) is 5.56 Å². The molecule has 5 nitrogen and oxygen atoms in total. The fourth-order valence-electron chi connectivity index (χ4n) is 2.09. The number of phenols is 1. The number of hydrogen-bond donors (Lipinski definition) is 2. The summed E-state index contributed by atoms with van der Waals surface area (Å²) in [5.41, 5.74) is 7.50. The Morgan fingerprint density at radius 3 is 3.06 bits per heavy atom. The minimum absolute atomic E-state index is 0.0301. The van der Waals surface area contributed by atoms with E-state index in [2.05, 4.69) is 0 Å². The first-order chi connectivity index (χ1) is 8.70. The first kappa shape index (κ1) is 12.9. The third-order valence-corrected chi connectivity index (χ3v) is 3.04. The molecule has 0 aromatic heterocycles. The zero-order valence-electron chi connectivity index (χ0n) is 10.3. The van der Waals surface area contributed by atoms with E-state index in [0.29, 0.717) is 26.2 Å². The maximum atomic E-state index is 11.9. The van der Waals surface area contributed by atoms with Crippen LogP contribution in [0.5, 0.6) is 5.75 Å². The third-order valence-electron chi connectivity index (χ3n) is 3.04. The molecule has 0 fully saturated rings. The Bertz CT molecular complexity index is 434. The van der Waals surface area contributed by atoms with Gasteiger partial charge in [-0.3, -0.25) is 4.79 Å². The number of benzene rings is 1. The van der Waals surface area contributed by atoms with Gasteiger partial charge in [-0.15, -0.1) is 0 Å². The number of fused-ring (bicyclic) bond motifs is 1. The summed E-state index contributed by atoms with van der Waals surface area (Å²) in [6.45, 7) is 2.13. The molecular weight excluding hydrogens is 232 g/mol. The second-order valence-corrected chi connectivity index (χ2v) is 4.36. The first-order valence-electron chi connectivity index (χ1n) is 6.07. The van der Waals surface area contributed by atoms with Crippen LogP contribution in [-0.4, -0.2) is 42.2 Å². The van der Waals surface area contributed by atoms with Gasteiger partial charge in [-0.1, -0.05) is 6.07 Å². The molecule has 98 valence electrons. The largest absolute Gasteiger partial charge is 0.508 e. The topological polar surface area (TPSA) is 75.8 Å². The summed E-state index contributed by atoms with van der Waals surface area (Å²) in [7, 11) is 0. The Morgan fingerprint density at radius 2 is 2.28 bits per heavy atom. The minimum Gasteiger partial charge on any atom is -0.508 e. The number of phenolic OH excluding ortho intramolecular Hbond substituents is 1. The van der Waals surface area contributed by atoms with Crippen molar-refractivity contribution in [2.24, 2.45) is 5.73 Å². The Morgan fingerprint density at radius 1 is 1.44 bits per heavy atom. The van der Waals surface area contributed by atoms with Crippen molar-refractivity contribution in [3.05, 3.63) is 29.3 Å². The number of carbonyl (C=O) groups excluding carboxylic acids is 1. The molecule has 3 N–H and O–H groups in total. The Kier molecular flexibility index (Phi) is 4.17. The van der Waals surface area contributed by atoms with Crippen LogP contribution in [-0.2, 0) is 22.5 Å². The fourth-order valence-corrected chi connectivity index (χ4v) is 2.09. The van der Waals surface area contributed by atoms with Crippen LogP contribution < -0.4 is 5.73 Å². The van der Waals surface area contributed by atoms with E-state index in [0.717, 1.165) is 12.0 Å². The van der Waals surface area contributed by atoms with Gasteiger partial charge in [-0.2, -0.15) is 0 Å². The quantitative estimate of drug-likeness (QED) is 0.751. The van der Waals surface area contributed by atoms with Crippen LogP contribution in [0, 0.1) is 0 Å². The van der Waals surface area contributed by atoms with Crippen molar-refractivity contribution in [2.45, 2.75) is 13.0 Å². The van der Waals surface area contributed by atoms with Crippen molar-refractivity contribution < 1.29 is 14.6 Å². The fraction of sp³-hybridized carbons (Fsp3) is 0.462. The molecule has 1 aromatic rings. The number of carbonyl (C=O) groups is 1. The molecule has 2 rings (SSSR count). The number of amides is 1. The summed E-state index contributed by atoms with van der Waals surface area (Å²) in [5, 5.41) is 9.44. The summed E-state index contributed by atoms with van der Waals surface area (Å²) in [5.74, 6) is 0.208. The number of nitrogens with two attached hydrogens (primary N) is 1. The number of nitrogens with zero attached hydrogens (tertiary/aromatic N) is 1. The first-order valence-corrected chi connectivity index (χ1v) is 6.07. The second-order valence-electron chi connectivity index (χ2n) is 4.36. The van der Waals surface area contributed by atoms with Gasteiger partial charge < -0.3 is 20.5 Å². The van der Waals surface area contributed by atoms with Gasteiger partial charge in [0, 0.05) is 19.6 Å². The van der Waals surface area contributed by atoms with Gasteiger partial charge in [0.25, 0.3) is 0 Å². The smallest absolute Gasteiger partial charge is 0.248 e. The van der Waals surface area contributed by atoms with E-state index in [1.54, 1.807) is 17.0 Å². The monoisotopic (exact) mass is 250 g/mol. The highest BCUT2D eigenvalue weighted by atomic mass is 16.5. The van der Waals surface area contributed by atoms with Gasteiger partial charge in [-0.05, 0) is 29.7 Å². The van der Waals surface area contributed by atoms with Crippen molar-refractivity contribution in [1.82, 2.24) is 4.90 Å². The lowest BCUT2D eigenvalue weighted by Gasteiger charge is -2.28. The molecule has 0 aliphatic carbocycles. The predicted molar refractivity (Wildman–Crippen MR) is 67.1 cm³/mol. The van der Waals surface area contributed by atoms with Crippen LogP contribution in [0.4, 0.5) is 0 Å². The van der Waals surface area contributed by atoms with Gasteiger partial charge >= 0.3 is 0 Å². The molecule has 1 aliphatic rings. The molecule has 0 saturated carbocycles. The molecule has 0 radical (unpaired) electrons. The molecule has 1 heterocycles. The van der Waals surface area contributed by atoms with Gasteiger partial charge in [-0.25, -0.2) is 0 Å². The highest BCUT2D eigenvalue weighted by molar-refractivity contribution is 5.77. The average molecular weight is 250 g/mol. The predicted octanol–water partition coefficient (Wildman–Crippen LogP) is 0.252. The molecule has 0 saturated heterocycles. The molecule has 5 heteroatoms. The third kappa shape index (κ3) is 3.00. The second kappa shape index (κ2) is 5.84. The van der Waals surface area contributed by atoms with Crippen molar-refractivity contribution >= 4 is 5.91 Å². The lowest BCUT2D eigenvalue weighted by atomic mass is 9.99. The molecule has 18 heavy (non-hydrogen) atoms. The van der Waals surface area contributed by atoms with Gasteiger partial charge in [0.15, 0.2) is 0 Å². The van der Waals surface area contributed by atoms with Crippen LogP contribution in [0.15, 0.2) is 18.2 Å². The van der Waals surface area contributed by atoms with Crippen LogP contribution in [0.1, 0.15) is 11.1 Å². The van der Waals surface area contributed by atoms with E-state index in [-0.39, 0.29) is 18.3 Å². The molecule has 0 atom stereocenters. The zero-order valence-corrected chi connectivity index (χ0v) is 10.3. The minimum atomic E-state index is -0.0301. The lowest BCUT2D eigenvalue weighted by molar-refractivity contribution is -0.137. The summed E-state index contributed by atoms with van der Waals surface area (Å²) in [6.07, 6.45) is 0.818. The number of aromatic hydroxyl groups is 1. The number of ether oxygens (including phenoxy) is 1. The van der Waals surface area contributed by atoms with Crippen LogP contribution in [0.2, 0.25) is 0 Å². The molecular formula is C13H18N2O3. The summed E-state index contributed by atoms with van der Waals surface area (Å²) >= 11 is 0. The normalized spacial score (nSPS) is 14.4. The van der Waals surface area contributed by atoms with Crippen LogP contribution in [0.25, 0.3) is 0 Å². The van der Waals surface area contributed by atoms with Crippen LogP contribution >= 0.6 is 0 Å². The van der Waals surface area contributed by atoms with E-state index in [1.807, 2.05) is 6.07 Å². The van der Waals surface area contributed by atoms with Gasteiger partial charge in [0.05, 0.1) is 6.61 Å². The highest BCUT2D eigenvalue weighted by Crippen LogP contribution is 2.23. The summed E-state index contributed by atoms with van der Waals surface area (Å²) in [4.78, 5) is 13.6. The summed E-state index contributed by atoms with van der Waals surface area (Å²) < 4.78 is 5.14. The Balaban J connectivity index is 1.96. The van der Waals surface area contributed by atoms with Crippen molar-refractivity contribution in [3.8, 4) is 5.75 Å². The van der Waals surface area contributed by atoms with Gasteiger partial charge in [0.1, 0.15) is 12.4 Å². The molecule has 0 bridgehead atoms. The molecule has 1 aromatic carbocycles. The zero-order chi connectivity index (χ0) is 13.0. The maximum Gasteiger partial charge on any atom is 0.248 e. The number of rotatable bonds is 4. The standard InChI is InChI=1S/C13H18N2O3/c14-4-6-18-9-13(17)15-5-3-10-1-2-12(16)7-11(10)8-15/h1-2,7,16H,3-6,8-9,14H2.